The minimum Gasteiger partial charge on any atom is -0.490 e. The van der Waals surface area contributed by atoms with Gasteiger partial charge >= 0.3 is 0 Å². The van der Waals surface area contributed by atoms with Crippen LogP contribution in [0.3, 0.4) is 0 Å². The van der Waals surface area contributed by atoms with E-state index in [0.29, 0.717) is 0 Å². The van der Waals surface area contributed by atoms with Gasteiger partial charge in [-0.15, -0.1) is 0 Å². The number of hydrogen-bond acceptors (Lipinski definition) is 3. The lowest BCUT2D eigenvalue weighted by Crippen LogP contribution is -2.05. The molecule has 0 unspecified atom stereocenters. The van der Waals surface area contributed by atoms with Crippen LogP contribution in [0, 0.1) is 0 Å². The Bertz CT molecular complexity index is 476. The highest BCUT2D eigenvalue weighted by atomic mass is 16.5. The normalized spacial score (nSPS) is 10.6. The van der Waals surface area contributed by atoms with Crippen LogP contribution in [0.1, 0.15) is 18.9 Å². The van der Waals surface area contributed by atoms with Gasteiger partial charge in [0.2, 0.25) is 0 Å². The van der Waals surface area contributed by atoms with Crippen molar-refractivity contribution in [3.05, 3.63) is 42.2 Å². The van der Waals surface area contributed by atoms with Gasteiger partial charge < -0.3 is 10.1 Å². The van der Waals surface area contributed by atoms with E-state index in [0.717, 1.165) is 31.0 Å². The summed E-state index contributed by atoms with van der Waals surface area (Å²) < 4.78 is 7.35. The third kappa shape index (κ3) is 3.11. The molecule has 0 saturated carbocycles. The van der Waals surface area contributed by atoms with Gasteiger partial charge in [-0.3, -0.25) is 0 Å². The van der Waals surface area contributed by atoms with Gasteiger partial charge in [0.05, 0.1) is 24.7 Å². The maximum absolute atomic E-state index is 5.53. The average molecular weight is 245 g/mol. The molecule has 2 rings (SSSR count). The van der Waals surface area contributed by atoms with Gasteiger partial charge in [-0.05, 0) is 31.2 Å². The molecule has 2 aromatic rings. The molecule has 1 heterocycles. The van der Waals surface area contributed by atoms with Crippen molar-refractivity contribution in [1.29, 1.82) is 0 Å². The Morgan fingerprint density at radius 3 is 2.72 bits per heavy atom. The van der Waals surface area contributed by atoms with E-state index >= 15 is 0 Å². The number of ether oxygens (including phenoxy) is 1. The molecule has 0 saturated heterocycles. The molecule has 96 valence electrons. The third-order valence-corrected chi connectivity index (χ3v) is 2.61. The zero-order valence-corrected chi connectivity index (χ0v) is 10.9. The van der Waals surface area contributed by atoms with E-state index in [4.69, 9.17) is 4.74 Å². The summed E-state index contributed by atoms with van der Waals surface area (Å²) in [5.74, 6) is 0.816. The monoisotopic (exact) mass is 245 g/mol. The smallest absolute Gasteiger partial charge is 0.157 e. The van der Waals surface area contributed by atoms with Crippen LogP contribution in [0.25, 0.3) is 5.69 Å². The zero-order chi connectivity index (χ0) is 12.8. The van der Waals surface area contributed by atoms with Crippen molar-refractivity contribution in [3.63, 3.8) is 0 Å². The summed E-state index contributed by atoms with van der Waals surface area (Å²) in [5, 5.41) is 7.42. The molecular weight excluding hydrogens is 226 g/mol. The van der Waals surface area contributed by atoms with Gasteiger partial charge in [-0.25, -0.2) is 4.68 Å². The molecule has 1 aromatic carbocycles. The molecule has 4 nitrogen and oxygen atoms in total. The topological polar surface area (TPSA) is 39.1 Å². The molecule has 0 amide bonds. The Labute approximate surface area is 108 Å². The standard InChI is InChI=1S/C14H19N3O/c1-3-8-18-14-10-16-17(11-14)13-6-4-12(5-7-13)9-15-2/h4-7,10-11,15H,3,8-9H2,1-2H3. The molecule has 0 spiro atoms. The number of nitrogens with zero attached hydrogens (tertiary/aromatic N) is 2. The third-order valence-electron chi connectivity index (χ3n) is 2.61. The molecule has 0 atom stereocenters. The second-order valence-corrected chi connectivity index (χ2v) is 4.17. The van der Waals surface area contributed by atoms with Gasteiger partial charge in [0.15, 0.2) is 5.75 Å². The lowest BCUT2D eigenvalue weighted by Gasteiger charge is -2.03. The van der Waals surface area contributed by atoms with Crippen LogP contribution in [0.4, 0.5) is 0 Å². The van der Waals surface area contributed by atoms with E-state index < -0.39 is 0 Å². The SMILES string of the molecule is CCCOc1cnn(-c2ccc(CNC)cc2)c1. The Morgan fingerprint density at radius 1 is 1.28 bits per heavy atom. The second-order valence-electron chi connectivity index (χ2n) is 4.17. The molecule has 0 bridgehead atoms. The maximum Gasteiger partial charge on any atom is 0.157 e. The summed E-state index contributed by atoms with van der Waals surface area (Å²) in [6.45, 7) is 3.70. The van der Waals surface area contributed by atoms with Crippen molar-refractivity contribution in [2.24, 2.45) is 0 Å². The predicted molar refractivity (Wildman–Crippen MR) is 72.1 cm³/mol. The minimum atomic E-state index is 0.729. The van der Waals surface area contributed by atoms with Crippen molar-refractivity contribution in [3.8, 4) is 11.4 Å². The first kappa shape index (κ1) is 12.6. The van der Waals surface area contributed by atoms with Crippen LogP contribution < -0.4 is 10.1 Å². The lowest BCUT2D eigenvalue weighted by molar-refractivity contribution is 0.317. The lowest BCUT2D eigenvalue weighted by atomic mass is 10.2. The summed E-state index contributed by atoms with van der Waals surface area (Å²) in [4.78, 5) is 0. The fourth-order valence-corrected chi connectivity index (χ4v) is 1.71. The largest absolute Gasteiger partial charge is 0.490 e. The molecule has 1 aromatic heterocycles. The first-order chi connectivity index (χ1) is 8.83. The highest BCUT2D eigenvalue weighted by molar-refractivity contribution is 5.35. The molecular formula is C14H19N3O. The molecule has 0 aliphatic heterocycles. The molecule has 0 aliphatic rings. The number of benzene rings is 1. The summed E-state index contributed by atoms with van der Waals surface area (Å²) in [5.41, 5.74) is 2.30. The summed E-state index contributed by atoms with van der Waals surface area (Å²) in [6, 6.07) is 8.31. The molecule has 18 heavy (non-hydrogen) atoms. The van der Waals surface area contributed by atoms with Gasteiger partial charge in [0.1, 0.15) is 0 Å². The van der Waals surface area contributed by atoms with Crippen molar-refractivity contribution < 1.29 is 4.74 Å². The van der Waals surface area contributed by atoms with Crippen molar-refractivity contribution in [1.82, 2.24) is 15.1 Å². The van der Waals surface area contributed by atoms with E-state index in [1.54, 1.807) is 6.20 Å². The van der Waals surface area contributed by atoms with E-state index in [-0.39, 0.29) is 0 Å². The molecule has 4 heteroatoms. The number of aromatic nitrogens is 2. The fourth-order valence-electron chi connectivity index (χ4n) is 1.71. The average Bonchev–Trinajstić information content (AvgIpc) is 2.86. The quantitative estimate of drug-likeness (QED) is 0.849. The van der Waals surface area contributed by atoms with Crippen LogP contribution in [0.15, 0.2) is 36.7 Å². The predicted octanol–water partition coefficient (Wildman–Crippen LogP) is 2.38. The number of hydrogen-bond donors (Lipinski definition) is 1. The molecule has 0 fully saturated rings. The van der Waals surface area contributed by atoms with Crippen LogP contribution in [-0.2, 0) is 6.54 Å². The Morgan fingerprint density at radius 2 is 2.06 bits per heavy atom. The zero-order valence-electron chi connectivity index (χ0n) is 10.9. The van der Waals surface area contributed by atoms with Gasteiger partial charge in [-0.1, -0.05) is 19.1 Å². The van der Waals surface area contributed by atoms with Gasteiger partial charge in [0, 0.05) is 6.54 Å². The highest BCUT2D eigenvalue weighted by Crippen LogP contribution is 2.14. The highest BCUT2D eigenvalue weighted by Gasteiger charge is 2.01. The first-order valence-electron chi connectivity index (χ1n) is 6.25. The van der Waals surface area contributed by atoms with Crippen molar-refractivity contribution in [2.75, 3.05) is 13.7 Å². The van der Waals surface area contributed by atoms with E-state index in [1.165, 1.54) is 5.56 Å². The number of rotatable bonds is 6. The maximum atomic E-state index is 5.53. The first-order valence-corrected chi connectivity index (χ1v) is 6.25. The molecule has 1 N–H and O–H groups in total. The van der Waals surface area contributed by atoms with Crippen LogP contribution in [-0.4, -0.2) is 23.4 Å². The summed E-state index contributed by atoms with van der Waals surface area (Å²) in [7, 11) is 1.94. The molecule has 0 radical (unpaired) electrons. The van der Waals surface area contributed by atoms with E-state index in [2.05, 4.69) is 41.6 Å². The van der Waals surface area contributed by atoms with E-state index in [9.17, 15) is 0 Å². The second kappa shape index (κ2) is 6.21. The fraction of sp³-hybridized carbons (Fsp3) is 0.357. The van der Waals surface area contributed by atoms with Crippen LogP contribution in [0.2, 0.25) is 0 Å². The van der Waals surface area contributed by atoms with Gasteiger partial charge in [0.25, 0.3) is 0 Å². The summed E-state index contributed by atoms with van der Waals surface area (Å²) >= 11 is 0. The van der Waals surface area contributed by atoms with Gasteiger partial charge in [-0.2, -0.15) is 5.10 Å². The van der Waals surface area contributed by atoms with Crippen LogP contribution in [0.5, 0.6) is 5.75 Å². The van der Waals surface area contributed by atoms with Crippen molar-refractivity contribution in [2.45, 2.75) is 19.9 Å². The Hall–Kier alpha value is -1.81. The minimum absolute atomic E-state index is 0.729. The summed E-state index contributed by atoms with van der Waals surface area (Å²) in [6.07, 6.45) is 4.66. The van der Waals surface area contributed by atoms with Crippen LogP contribution >= 0.6 is 0 Å². The van der Waals surface area contributed by atoms with Crippen molar-refractivity contribution >= 4 is 0 Å². The Kier molecular flexibility index (Phi) is 4.36. The number of nitrogens with one attached hydrogen (secondary N) is 1. The van der Waals surface area contributed by atoms with E-state index in [1.807, 2.05) is 17.9 Å². The molecule has 0 aliphatic carbocycles. The Balaban J connectivity index is 2.08.